The zero-order valence-electron chi connectivity index (χ0n) is 18.0. The zero-order chi connectivity index (χ0) is 22.5. The topological polar surface area (TPSA) is 111 Å². The fraction of sp³-hybridized carbons (Fsp3) is 0.192. The fourth-order valence-corrected chi connectivity index (χ4v) is 4.83. The van der Waals surface area contributed by atoms with Crippen LogP contribution in [0.4, 0.5) is 0 Å². The summed E-state index contributed by atoms with van der Waals surface area (Å²) in [5.74, 6) is 0.318. The van der Waals surface area contributed by atoms with Gasteiger partial charge in [0.15, 0.2) is 0 Å². The van der Waals surface area contributed by atoms with Crippen molar-refractivity contribution in [3.05, 3.63) is 77.6 Å². The highest BCUT2D eigenvalue weighted by molar-refractivity contribution is 5.86. The molecule has 0 unspecified atom stereocenters. The summed E-state index contributed by atoms with van der Waals surface area (Å²) in [5.41, 5.74) is 17.7. The second-order valence-corrected chi connectivity index (χ2v) is 8.75. The summed E-state index contributed by atoms with van der Waals surface area (Å²) in [6.07, 6.45) is 3.58. The van der Waals surface area contributed by atoms with Crippen molar-refractivity contribution in [1.82, 2.24) is 14.9 Å². The smallest absolute Gasteiger partial charge is 0.220 e. The van der Waals surface area contributed by atoms with Crippen LogP contribution in [0.1, 0.15) is 18.9 Å². The summed E-state index contributed by atoms with van der Waals surface area (Å²) in [6.45, 7) is 0.438. The lowest BCUT2D eigenvalue weighted by Crippen LogP contribution is -2.46. The lowest BCUT2D eigenvalue weighted by molar-refractivity contribution is -0.125. The highest BCUT2D eigenvalue weighted by atomic mass is 16.1. The Morgan fingerprint density at radius 1 is 1.03 bits per heavy atom. The Morgan fingerprint density at radius 3 is 2.61 bits per heavy atom. The number of fused-ring (bicyclic) bond motifs is 2. The molecule has 164 valence electrons. The fourth-order valence-electron chi connectivity index (χ4n) is 4.83. The van der Waals surface area contributed by atoms with Crippen LogP contribution in [-0.4, -0.2) is 22.1 Å². The molecule has 1 fully saturated rings. The number of hydrogen-bond donors (Lipinski definition) is 3. The molecule has 33 heavy (non-hydrogen) atoms. The minimum absolute atomic E-state index is 0.0687. The van der Waals surface area contributed by atoms with Gasteiger partial charge in [0.1, 0.15) is 18.0 Å². The molecule has 6 rings (SSSR count). The number of primary amides is 1. The van der Waals surface area contributed by atoms with Gasteiger partial charge in [-0.3, -0.25) is 4.79 Å². The molecule has 4 aromatic rings. The average Bonchev–Trinajstić information content (AvgIpc) is 3.18. The Hall–Kier alpha value is -4.13. The van der Waals surface area contributed by atoms with Crippen molar-refractivity contribution in [3.63, 3.8) is 0 Å². The zero-order valence-corrected chi connectivity index (χ0v) is 18.0. The Morgan fingerprint density at radius 2 is 1.82 bits per heavy atom. The van der Waals surface area contributed by atoms with Crippen LogP contribution >= 0.6 is 0 Å². The summed E-state index contributed by atoms with van der Waals surface area (Å²) in [6, 6.07) is 20.8. The number of carbonyl (C=O) groups is 1. The van der Waals surface area contributed by atoms with E-state index in [4.69, 9.17) is 21.4 Å². The van der Waals surface area contributed by atoms with Crippen molar-refractivity contribution >= 4 is 22.6 Å². The molecule has 1 aliphatic heterocycles. The molecule has 0 atom stereocenters. The molecule has 0 bridgehead atoms. The molecule has 5 N–H and O–H groups in total. The number of nitrogens with zero attached hydrogens (tertiary/aromatic N) is 3. The number of hydrogen-bond acceptors (Lipinski definition) is 5. The molecule has 2 aliphatic rings. The van der Waals surface area contributed by atoms with Crippen molar-refractivity contribution in [2.75, 3.05) is 6.67 Å². The van der Waals surface area contributed by atoms with Gasteiger partial charge in [0.05, 0.1) is 16.4 Å². The third-order valence-electron chi connectivity index (χ3n) is 6.75. The Bertz CT molecular complexity index is 1520. The van der Waals surface area contributed by atoms with Crippen LogP contribution in [0, 0.1) is 5.92 Å². The van der Waals surface area contributed by atoms with Crippen molar-refractivity contribution in [2.24, 2.45) is 22.4 Å². The quantitative estimate of drug-likeness (QED) is 0.454. The molecule has 2 aromatic heterocycles. The van der Waals surface area contributed by atoms with Gasteiger partial charge in [-0.1, -0.05) is 48.5 Å². The molecule has 1 aliphatic carbocycles. The average molecular weight is 437 g/mol. The number of amides is 1. The Balaban J connectivity index is 1.47. The molecular formula is C26H24N6O. The van der Waals surface area contributed by atoms with E-state index in [1.807, 2.05) is 18.2 Å². The van der Waals surface area contributed by atoms with E-state index in [1.54, 1.807) is 0 Å². The van der Waals surface area contributed by atoms with E-state index in [9.17, 15) is 4.79 Å². The molecule has 1 saturated carbocycles. The maximum Gasteiger partial charge on any atom is 0.220 e. The van der Waals surface area contributed by atoms with Crippen LogP contribution in [0.15, 0.2) is 71.9 Å². The number of rotatable bonds is 4. The van der Waals surface area contributed by atoms with Crippen molar-refractivity contribution in [1.29, 1.82) is 0 Å². The number of nitrogens with one attached hydrogen (secondary N) is 1. The molecular weight excluding hydrogens is 412 g/mol. The van der Waals surface area contributed by atoms with Crippen LogP contribution in [0.5, 0.6) is 0 Å². The van der Waals surface area contributed by atoms with Gasteiger partial charge in [-0.25, -0.2) is 9.98 Å². The van der Waals surface area contributed by atoms with Crippen LogP contribution in [0.2, 0.25) is 0 Å². The van der Waals surface area contributed by atoms with E-state index < -0.39 is 0 Å². The number of nitrogens with two attached hydrogens (primary N) is 2. The normalized spacial score (nSPS) is 19.3. The largest absolute Gasteiger partial charge is 0.385 e. The molecule has 7 nitrogen and oxygen atoms in total. The summed E-state index contributed by atoms with van der Waals surface area (Å²) >= 11 is 0. The predicted octanol–water partition coefficient (Wildman–Crippen LogP) is 2.01. The number of pyridine rings is 1. The maximum absolute atomic E-state index is 11.5. The van der Waals surface area contributed by atoms with Gasteiger partial charge in [0.25, 0.3) is 0 Å². The van der Waals surface area contributed by atoms with Crippen molar-refractivity contribution in [3.8, 4) is 22.4 Å². The first kappa shape index (κ1) is 19.5. The summed E-state index contributed by atoms with van der Waals surface area (Å²) in [4.78, 5) is 21.2. The van der Waals surface area contributed by atoms with Crippen LogP contribution < -0.4 is 27.5 Å². The van der Waals surface area contributed by atoms with Gasteiger partial charge >= 0.3 is 0 Å². The minimum Gasteiger partial charge on any atom is -0.385 e. The summed E-state index contributed by atoms with van der Waals surface area (Å²) in [7, 11) is 0. The van der Waals surface area contributed by atoms with Crippen molar-refractivity contribution < 1.29 is 4.79 Å². The number of carbonyl (C=O) groups excluding carboxylic acids is 1. The second-order valence-electron chi connectivity index (χ2n) is 8.75. The molecule has 2 aromatic carbocycles. The highest BCUT2D eigenvalue weighted by Gasteiger charge is 2.35. The molecule has 0 radical (unpaired) electrons. The third-order valence-corrected chi connectivity index (χ3v) is 6.75. The van der Waals surface area contributed by atoms with Crippen LogP contribution in [0.3, 0.4) is 0 Å². The second kappa shape index (κ2) is 7.48. The van der Waals surface area contributed by atoms with E-state index in [-0.39, 0.29) is 17.9 Å². The lowest BCUT2D eigenvalue weighted by atomic mass is 9.79. The van der Waals surface area contributed by atoms with E-state index >= 15 is 0 Å². The maximum atomic E-state index is 11.5. The Labute approximate surface area is 190 Å². The van der Waals surface area contributed by atoms with Gasteiger partial charge < -0.3 is 21.4 Å². The first-order chi connectivity index (χ1) is 16.1. The standard InChI is InChI=1S/C26H24N6O/c27-24-23-20(13-32(26(23)30-14-29-24)19-10-18(11-19)25(28)33)17-7-6-16-8-9-21(31-22(16)12-17)15-4-2-1-3-5-15/h1-9,12-13,18-19,29H,10-11,14,27H2,(H2,28,33)/t18-,19-. The molecule has 0 saturated heterocycles. The lowest BCUT2D eigenvalue weighted by Gasteiger charge is -2.34. The predicted molar refractivity (Wildman–Crippen MR) is 128 cm³/mol. The van der Waals surface area contributed by atoms with E-state index in [0.29, 0.717) is 12.5 Å². The molecule has 7 heteroatoms. The van der Waals surface area contributed by atoms with Crippen LogP contribution in [0.25, 0.3) is 39.1 Å². The SMILES string of the molecule is NC1=c2c(-c3ccc4ccc(-c5ccccc5)nc4c3)cn([C@H]3C[C@H](C(N)=O)C3)c2=NCN1. The van der Waals surface area contributed by atoms with Crippen molar-refractivity contribution in [2.45, 2.75) is 18.9 Å². The van der Waals surface area contributed by atoms with Gasteiger partial charge in [0.2, 0.25) is 5.91 Å². The van der Waals surface area contributed by atoms with Crippen LogP contribution in [-0.2, 0) is 4.79 Å². The number of aromatic nitrogens is 2. The first-order valence-corrected chi connectivity index (χ1v) is 11.1. The number of benzene rings is 2. The minimum atomic E-state index is -0.230. The van der Waals surface area contributed by atoms with Gasteiger partial charge in [0, 0.05) is 34.7 Å². The summed E-state index contributed by atoms with van der Waals surface area (Å²) in [5, 5.41) is 5.14. The Kier molecular flexibility index (Phi) is 4.43. The van der Waals surface area contributed by atoms with Gasteiger partial charge in [-0.05, 0) is 30.5 Å². The molecule has 0 spiro atoms. The monoisotopic (exact) mass is 436 g/mol. The highest BCUT2D eigenvalue weighted by Crippen LogP contribution is 2.37. The van der Waals surface area contributed by atoms with Gasteiger partial charge in [-0.2, -0.15) is 0 Å². The van der Waals surface area contributed by atoms with E-state index in [0.717, 1.165) is 56.8 Å². The van der Waals surface area contributed by atoms with E-state index in [1.165, 1.54) is 0 Å². The van der Waals surface area contributed by atoms with E-state index in [2.05, 4.69) is 58.5 Å². The molecule has 1 amide bonds. The van der Waals surface area contributed by atoms with Gasteiger partial charge in [-0.15, -0.1) is 0 Å². The third kappa shape index (κ3) is 3.24. The molecule has 3 heterocycles. The summed E-state index contributed by atoms with van der Waals surface area (Å²) < 4.78 is 2.16. The first-order valence-electron chi connectivity index (χ1n) is 11.1.